The molecule has 0 saturated carbocycles. The van der Waals surface area contributed by atoms with Crippen molar-refractivity contribution in [1.82, 2.24) is 14.7 Å². The Hall–Kier alpha value is -0.990. The van der Waals surface area contributed by atoms with Gasteiger partial charge in [-0.05, 0) is 0 Å². The fraction of sp³-hybridized carbons (Fsp3) is 0.556. The molecule has 0 amide bonds. The molecule has 1 heterocycles. The van der Waals surface area contributed by atoms with Gasteiger partial charge in [-0.1, -0.05) is 26.1 Å². The number of hydrogen-bond acceptors (Lipinski definition) is 4. The summed E-state index contributed by atoms with van der Waals surface area (Å²) in [5.74, 6) is 0.445. The van der Waals surface area contributed by atoms with Crippen LogP contribution in [-0.4, -0.2) is 29.9 Å². The lowest BCUT2D eigenvalue weighted by Crippen LogP contribution is -2.33. The van der Waals surface area contributed by atoms with Crippen molar-refractivity contribution in [2.24, 2.45) is 11.7 Å². The summed E-state index contributed by atoms with van der Waals surface area (Å²) in [7, 11) is -3.56. The van der Waals surface area contributed by atoms with Gasteiger partial charge in [-0.3, -0.25) is 0 Å². The van der Waals surface area contributed by atoms with Crippen molar-refractivity contribution in [3.8, 4) is 0 Å². The Balaban J connectivity index is 2.72. The van der Waals surface area contributed by atoms with Gasteiger partial charge < -0.3 is 10.7 Å². The number of aromatic amines is 1. The Kier molecular flexibility index (Phi) is 4.61. The fourth-order valence-electron chi connectivity index (χ4n) is 1.07. The first kappa shape index (κ1) is 14.1. The lowest BCUT2D eigenvalue weighted by atomic mass is 10.2. The van der Waals surface area contributed by atoms with Gasteiger partial charge in [0.15, 0.2) is 5.03 Å². The molecular formula is C9H16N4O2S2. The molecule has 1 aromatic rings. The molecule has 0 radical (unpaired) electrons. The molecule has 6 nitrogen and oxygen atoms in total. The number of sulfonamides is 1. The minimum absolute atomic E-state index is 0.0597. The number of imidazole rings is 1. The van der Waals surface area contributed by atoms with Gasteiger partial charge in [-0.2, -0.15) is 0 Å². The van der Waals surface area contributed by atoms with E-state index in [4.69, 9.17) is 18.0 Å². The van der Waals surface area contributed by atoms with Crippen LogP contribution in [-0.2, 0) is 16.4 Å². The second-order valence-corrected chi connectivity index (χ2v) is 5.91. The number of nitrogens with two attached hydrogens (primary N) is 1. The van der Waals surface area contributed by atoms with E-state index in [-0.39, 0.29) is 22.5 Å². The van der Waals surface area contributed by atoms with Gasteiger partial charge in [0.05, 0.1) is 11.2 Å². The van der Waals surface area contributed by atoms with Crippen LogP contribution in [0, 0.1) is 5.92 Å². The third-order valence-electron chi connectivity index (χ3n) is 2.29. The number of aromatic nitrogens is 2. The zero-order chi connectivity index (χ0) is 13.1. The fourth-order valence-corrected chi connectivity index (χ4v) is 2.22. The van der Waals surface area contributed by atoms with E-state index in [1.807, 2.05) is 6.92 Å². The SMILES string of the molecule is CCc1ncc(S(=O)(=O)NCC(C)C(N)=S)[nH]1. The molecule has 4 N–H and O–H groups in total. The molecule has 1 unspecified atom stereocenters. The van der Waals surface area contributed by atoms with E-state index in [1.165, 1.54) is 6.20 Å². The summed E-state index contributed by atoms with van der Waals surface area (Å²) < 4.78 is 26.1. The van der Waals surface area contributed by atoms with Gasteiger partial charge in [0.25, 0.3) is 10.0 Å². The molecule has 0 spiro atoms. The molecule has 0 aliphatic rings. The van der Waals surface area contributed by atoms with Gasteiger partial charge in [-0.25, -0.2) is 18.1 Å². The molecule has 8 heteroatoms. The van der Waals surface area contributed by atoms with E-state index in [1.54, 1.807) is 6.92 Å². The zero-order valence-electron chi connectivity index (χ0n) is 9.73. The molecule has 96 valence electrons. The lowest BCUT2D eigenvalue weighted by Gasteiger charge is -2.10. The van der Waals surface area contributed by atoms with Crippen molar-refractivity contribution in [2.45, 2.75) is 25.3 Å². The van der Waals surface area contributed by atoms with E-state index < -0.39 is 10.0 Å². The third kappa shape index (κ3) is 3.76. The molecule has 1 aromatic heterocycles. The number of hydrogen-bond donors (Lipinski definition) is 3. The Morgan fingerprint density at radius 1 is 1.71 bits per heavy atom. The average molecular weight is 276 g/mol. The van der Waals surface area contributed by atoms with Crippen LogP contribution in [0.4, 0.5) is 0 Å². The van der Waals surface area contributed by atoms with Gasteiger partial charge in [0, 0.05) is 18.9 Å². The van der Waals surface area contributed by atoms with Crippen molar-refractivity contribution in [1.29, 1.82) is 0 Å². The highest BCUT2D eigenvalue weighted by Gasteiger charge is 2.18. The molecule has 0 aliphatic heterocycles. The highest BCUT2D eigenvalue weighted by Crippen LogP contribution is 2.06. The normalized spacial score (nSPS) is 13.5. The van der Waals surface area contributed by atoms with E-state index in [0.29, 0.717) is 12.2 Å². The Labute approximate surface area is 106 Å². The highest BCUT2D eigenvalue weighted by atomic mass is 32.2. The van der Waals surface area contributed by atoms with Crippen molar-refractivity contribution < 1.29 is 8.42 Å². The monoisotopic (exact) mass is 276 g/mol. The maximum Gasteiger partial charge on any atom is 0.257 e. The van der Waals surface area contributed by atoms with Gasteiger partial charge in [0.2, 0.25) is 0 Å². The van der Waals surface area contributed by atoms with Gasteiger partial charge in [0.1, 0.15) is 5.82 Å². The van der Waals surface area contributed by atoms with Gasteiger partial charge in [-0.15, -0.1) is 0 Å². The van der Waals surface area contributed by atoms with Crippen LogP contribution < -0.4 is 10.5 Å². The van der Waals surface area contributed by atoms with Crippen molar-refractivity contribution >= 4 is 27.2 Å². The number of nitrogens with zero attached hydrogens (tertiary/aromatic N) is 1. The maximum absolute atomic E-state index is 11.8. The quantitative estimate of drug-likeness (QED) is 0.643. The van der Waals surface area contributed by atoms with Gasteiger partial charge >= 0.3 is 0 Å². The molecular weight excluding hydrogens is 260 g/mol. The molecule has 0 bridgehead atoms. The van der Waals surface area contributed by atoms with E-state index in [9.17, 15) is 8.42 Å². The van der Waals surface area contributed by atoms with Crippen LogP contribution in [0.3, 0.4) is 0 Å². The van der Waals surface area contributed by atoms with E-state index in [0.717, 1.165) is 0 Å². The van der Waals surface area contributed by atoms with Crippen molar-refractivity contribution in [3.05, 3.63) is 12.0 Å². The summed E-state index contributed by atoms with van der Waals surface area (Å²) in [5.41, 5.74) is 5.41. The van der Waals surface area contributed by atoms with Crippen LogP contribution in [0.25, 0.3) is 0 Å². The smallest absolute Gasteiger partial charge is 0.257 e. The molecule has 1 rings (SSSR count). The largest absolute Gasteiger partial charge is 0.393 e. The Morgan fingerprint density at radius 3 is 2.82 bits per heavy atom. The molecule has 0 fully saturated rings. The molecule has 17 heavy (non-hydrogen) atoms. The molecule has 0 aromatic carbocycles. The van der Waals surface area contributed by atoms with E-state index in [2.05, 4.69) is 14.7 Å². The number of aryl methyl sites for hydroxylation is 1. The first-order chi connectivity index (χ1) is 7.86. The summed E-state index contributed by atoms with van der Waals surface area (Å²) in [6.07, 6.45) is 1.95. The average Bonchev–Trinajstić information content (AvgIpc) is 2.75. The molecule has 0 saturated heterocycles. The predicted octanol–water partition coefficient (Wildman–Crippen LogP) is 0.173. The highest BCUT2D eigenvalue weighted by molar-refractivity contribution is 7.89. The number of H-pyrrole nitrogens is 1. The first-order valence-corrected chi connectivity index (χ1v) is 7.08. The summed E-state index contributed by atoms with van der Waals surface area (Å²) >= 11 is 4.77. The van der Waals surface area contributed by atoms with Crippen LogP contribution in [0.15, 0.2) is 11.2 Å². The molecule has 1 atom stereocenters. The maximum atomic E-state index is 11.8. The van der Waals surface area contributed by atoms with Crippen LogP contribution in [0.5, 0.6) is 0 Å². The predicted molar refractivity (Wildman–Crippen MR) is 69.1 cm³/mol. The zero-order valence-corrected chi connectivity index (χ0v) is 11.4. The lowest BCUT2D eigenvalue weighted by molar-refractivity contribution is 0.571. The Morgan fingerprint density at radius 2 is 2.35 bits per heavy atom. The molecule has 0 aliphatic carbocycles. The second-order valence-electron chi connectivity index (χ2n) is 3.70. The second kappa shape index (κ2) is 5.56. The van der Waals surface area contributed by atoms with E-state index >= 15 is 0 Å². The summed E-state index contributed by atoms with van der Waals surface area (Å²) in [4.78, 5) is 6.95. The summed E-state index contributed by atoms with van der Waals surface area (Å²) in [6, 6.07) is 0. The van der Waals surface area contributed by atoms with Crippen molar-refractivity contribution in [3.63, 3.8) is 0 Å². The standard InChI is InChI=1S/C9H16N4O2S2/c1-3-7-11-5-8(13-7)17(14,15)12-4-6(2)9(10)16/h5-6,12H,3-4H2,1-2H3,(H2,10,16)(H,11,13). The number of nitrogens with one attached hydrogen (secondary N) is 2. The topological polar surface area (TPSA) is 101 Å². The third-order valence-corrected chi connectivity index (χ3v) is 4.03. The summed E-state index contributed by atoms with van der Waals surface area (Å²) in [6.45, 7) is 3.82. The number of rotatable bonds is 6. The number of thiocarbonyl (C=S) groups is 1. The minimum atomic E-state index is -3.56. The first-order valence-electron chi connectivity index (χ1n) is 5.19. The van der Waals surface area contributed by atoms with Crippen LogP contribution >= 0.6 is 12.2 Å². The van der Waals surface area contributed by atoms with Crippen LogP contribution in [0.2, 0.25) is 0 Å². The minimum Gasteiger partial charge on any atom is -0.393 e. The van der Waals surface area contributed by atoms with Crippen LogP contribution in [0.1, 0.15) is 19.7 Å². The van der Waals surface area contributed by atoms with Crippen molar-refractivity contribution in [2.75, 3.05) is 6.54 Å². The summed E-state index contributed by atoms with van der Waals surface area (Å²) in [5, 5.41) is 0.0597. The Bertz CT molecular complexity index is 495.